The molecule has 0 fully saturated rings. The zero-order chi connectivity index (χ0) is 12.8. The number of nitrogens with one attached hydrogen (secondary N) is 1. The van der Waals surface area contributed by atoms with Crippen molar-refractivity contribution in [1.82, 2.24) is 9.78 Å². The molecule has 5 nitrogen and oxygen atoms in total. The molecule has 1 unspecified atom stereocenters. The van der Waals surface area contributed by atoms with Crippen LogP contribution in [-0.2, 0) is 11.8 Å². The van der Waals surface area contributed by atoms with E-state index in [0.717, 1.165) is 24.2 Å². The van der Waals surface area contributed by atoms with E-state index in [9.17, 15) is 4.79 Å². The maximum atomic E-state index is 11.7. The number of hydrogen-bond donors (Lipinski definition) is 2. The monoisotopic (exact) mass is 238 g/mol. The van der Waals surface area contributed by atoms with Crippen molar-refractivity contribution >= 4 is 11.6 Å². The van der Waals surface area contributed by atoms with Gasteiger partial charge in [0, 0.05) is 19.7 Å². The lowest BCUT2D eigenvalue weighted by Crippen LogP contribution is -2.14. The molecule has 0 bridgehead atoms. The van der Waals surface area contributed by atoms with Crippen molar-refractivity contribution in [2.45, 2.75) is 33.1 Å². The van der Waals surface area contributed by atoms with Crippen molar-refractivity contribution < 1.29 is 4.79 Å². The van der Waals surface area contributed by atoms with Gasteiger partial charge in [-0.1, -0.05) is 6.92 Å². The van der Waals surface area contributed by atoms with E-state index in [4.69, 9.17) is 5.73 Å². The molecule has 0 aliphatic heterocycles. The van der Waals surface area contributed by atoms with Crippen LogP contribution in [0.1, 0.15) is 31.9 Å². The predicted octanol–water partition coefficient (Wildman–Crippen LogP) is 1.43. The Morgan fingerprint density at radius 2 is 2.29 bits per heavy atom. The van der Waals surface area contributed by atoms with Gasteiger partial charge in [0.05, 0.1) is 11.4 Å². The first-order valence-electron chi connectivity index (χ1n) is 6.03. The SMILES string of the molecule is Cc1nn(C)cc1NC(=O)CCC(C)CCN. The highest BCUT2D eigenvalue weighted by Crippen LogP contribution is 2.14. The molecule has 0 aromatic carbocycles. The largest absolute Gasteiger partial charge is 0.330 e. The molecule has 17 heavy (non-hydrogen) atoms. The molecule has 0 saturated carbocycles. The Labute approximate surface area is 102 Å². The van der Waals surface area contributed by atoms with Crippen molar-refractivity contribution in [3.05, 3.63) is 11.9 Å². The number of aromatic nitrogens is 2. The van der Waals surface area contributed by atoms with Gasteiger partial charge < -0.3 is 11.1 Å². The molecule has 1 rings (SSSR count). The summed E-state index contributed by atoms with van der Waals surface area (Å²) in [6.45, 7) is 4.69. The van der Waals surface area contributed by atoms with E-state index in [1.165, 1.54) is 0 Å². The summed E-state index contributed by atoms with van der Waals surface area (Å²) in [5.74, 6) is 0.547. The second kappa shape index (κ2) is 6.39. The molecule has 5 heteroatoms. The fraction of sp³-hybridized carbons (Fsp3) is 0.667. The van der Waals surface area contributed by atoms with Gasteiger partial charge in [0.2, 0.25) is 5.91 Å². The highest BCUT2D eigenvalue weighted by atomic mass is 16.1. The van der Waals surface area contributed by atoms with E-state index in [1.54, 1.807) is 4.68 Å². The Hall–Kier alpha value is -1.36. The van der Waals surface area contributed by atoms with Crippen LogP contribution in [0.3, 0.4) is 0 Å². The summed E-state index contributed by atoms with van der Waals surface area (Å²) in [4.78, 5) is 11.7. The van der Waals surface area contributed by atoms with Crippen LogP contribution in [0.25, 0.3) is 0 Å². The Morgan fingerprint density at radius 3 is 2.82 bits per heavy atom. The molecule has 1 atom stereocenters. The topological polar surface area (TPSA) is 72.9 Å². The van der Waals surface area contributed by atoms with Crippen LogP contribution in [0.5, 0.6) is 0 Å². The second-order valence-corrected chi connectivity index (χ2v) is 4.57. The number of carbonyl (C=O) groups excluding carboxylic acids is 1. The Bertz CT molecular complexity index is 373. The van der Waals surface area contributed by atoms with Crippen molar-refractivity contribution in [3.63, 3.8) is 0 Å². The highest BCUT2D eigenvalue weighted by molar-refractivity contribution is 5.91. The smallest absolute Gasteiger partial charge is 0.224 e. The molecule has 3 N–H and O–H groups in total. The summed E-state index contributed by atoms with van der Waals surface area (Å²) in [5, 5.41) is 7.05. The van der Waals surface area contributed by atoms with Gasteiger partial charge in [-0.15, -0.1) is 0 Å². The van der Waals surface area contributed by atoms with Crippen LogP contribution >= 0.6 is 0 Å². The third-order valence-corrected chi connectivity index (χ3v) is 2.81. The first-order chi connectivity index (χ1) is 8.02. The number of carbonyl (C=O) groups is 1. The summed E-state index contributed by atoms with van der Waals surface area (Å²) in [5.41, 5.74) is 7.11. The van der Waals surface area contributed by atoms with E-state index in [1.807, 2.05) is 20.2 Å². The minimum Gasteiger partial charge on any atom is -0.330 e. The van der Waals surface area contributed by atoms with Gasteiger partial charge in [-0.25, -0.2) is 0 Å². The van der Waals surface area contributed by atoms with Crippen LogP contribution in [0.2, 0.25) is 0 Å². The van der Waals surface area contributed by atoms with E-state index in [0.29, 0.717) is 18.9 Å². The second-order valence-electron chi connectivity index (χ2n) is 4.57. The fourth-order valence-corrected chi connectivity index (χ4v) is 1.74. The average molecular weight is 238 g/mol. The summed E-state index contributed by atoms with van der Waals surface area (Å²) < 4.78 is 1.70. The normalized spacial score (nSPS) is 12.5. The Morgan fingerprint density at radius 1 is 1.59 bits per heavy atom. The lowest BCUT2D eigenvalue weighted by molar-refractivity contribution is -0.116. The fourth-order valence-electron chi connectivity index (χ4n) is 1.74. The van der Waals surface area contributed by atoms with Crippen molar-refractivity contribution in [3.8, 4) is 0 Å². The van der Waals surface area contributed by atoms with Crippen molar-refractivity contribution in [2.75, 3.05) is 11.9 Å². The molecule has 0 saturated heterocycles. The quantitative estimate of drug-likeness (QED) is 0.787. The number of anilines is 1. The first-order valence-corrected chi connectivity index (χ1v) is 6.03. The van der Waals surface area contributed by atoms with Gasteiger partial charge in [-0.3, -0.25) is 9.48 Å². The van der Waals surface area contributed by atoms with Gasteiger partial charge in [0.15, 0.2) is 0 Å². The third kappa shape index (κ3) is 4.56. The third-order valence-electron chi connectivity index (χ3n) is 2.81. The average Bonchev–Trinajstić information content (AvgIpc) is 2.55. The molecule has 1 aromatic rings. The van der Waals surface area contributed by atoms with Gasteiger partial charge in [0.1, 0.15) is 0 Å². The van der Waals surface area contributed by atoms with E-state index in [-0.39, 0.29) is 5.91 Å². The molecule has 0 aliphatic carbocycles. The standard InChI is InChI=1S/C12H22N4O/c1-9(6-7-13)4-5-12(17)14-11-8-16(3)15-10(11)2/h8-9H,4-7,13H2,1-3H3,(H,14,17). The summed E-state index contributed by atoms with van der Waals surface area (Å²) in [6, 6.07) is 0. The van der Waals surface area contributed by atoms with Crippen LogP contribution < -0.4 is 11.1 Å². The van der Waals surface area contributed by atoms with Crippen molar-refractivity contribution in [1.29, 1.82) is 0 Å². The summed E-state index contributed by atoms with van der Waals surface area (Å²) in [6.07, 6.45) is 4.20. The van der Waals surface area contributed by atoms with E-state index in [2.05, 4.69) is 17.3 Å². The first kappa shape index (κ1) is 13.7. The molecular formula is C12H22N4O. The summed E-state index contributed by atoms with van der Waals surface area (Å²) in [7, 11) is 1.84. The molecule has 96 valence electrons. The van der Waals surface area contributed by atoms with Crippen LogP contribution in [0.15, 0.2) is 6.20 Å². The summed E-state index contributed by atoms with van der Waals surface area (Å²) >= 11 is 0. The van der Waals surface area contributed by atoms with Crippen LogP contribution in [0, 0.1) is 12.8 Å². The number of rotatable bonds is 6. The number of nitrogens with zero attached hydrogens (tertiary/aromatic N) is 2. The molecule has 1 amide bonds. The van der Waals surface area contributed by atoms with Gasteiger partial charge in [-0.2, -0.15) is 5.10 Å². The van der Waals surface area contributed by atoms with Crippen LogP contribution in [-0.4, -0.2) is 22.2 Å². The van der Waals surface area contributed by atoms with Gasteiger partial charge in [-0.05, 0) is 32.2 Å². The Kier molecular flexibility index (Phi) is 5.15. The minimum atomic E-state index is 0.0463. The molecular weight excluding hydrogens is 216 g/mol. The lowest BCUT2D eigenvalue weighted by Gasteiger charge is -2.09. The molecule has 0 aliphatic rings. The molecule has 1 aromatic heterocycles. The maximum Gasteiger partial charge on any atom is 0.224 e. The number of aryl methyl sites for hydroxylation is 2. The maximum absolute atomic E-state index is 11.7. The number of nitrogens with two attached hydrogens (primary N) is 1. The highest BCUT2D eigenvalue weighted by Gasteiger charge is 2.09. The molecule has 1 heterocycles. The minimum absolute atomic E-state index is 0.0463. The zero-order valence-corrected chi connectivity index (χ0v) is 10.9. The van der Waals surface area contributed by atoms with Gasteiger partial charge in [0.25, 0.3) is 0 Å². The van der Waals surface area contributed by atoms with Crippen molar-refractivity contribution in [2.24, 2.45) is 18.7 Å². The number of hydrogen-bond acceptors (Lipinski definition) is 3. The predicted molar refractivity (Wildman–Crippen MR) is 68.6 cm³/mol. The molecule has 0 radical (unpaired) electrons. The van der Waals surface area contributed by atoms with Crippen LogP contribution in [0.4, 0.5) is 5.69 Å². The number of amides is 1. The molecule has 0 spiro atoms. The van der Waals surface area contributed by atoms with Gasteiger partial charge >= 0.3 is 0 Å². The Balaban J connectivity index is 2.37. The van der Waals surface area contributed by atoms with E-state index < -0.39 is 0 Å². The lowest BCUT2D eigenvalue weighted by atomic mass is 10.0. The zero-order valence-electron chi connectivity index (χ0n) is 10.9. The van der Waals surface area contributed by atoms with E-state index >= 15 is 0 Å².